The molecule has 0 aliphatic rings. The lowest BCUT2D eigenvalue weighted by molar-refractivity contribution is 0.610. The Morgan fingerprint density at radius 3 is 3.00 bits per heavy atom. The number of nitrogens with zero attached hydrogens (tertiary/aromatic N) is 2. The summed E-state index contributed by atoms with van der Waals surface area (Å²) in [5, 5.41) is 7.67. The third-order valence-electron chi connectivity index (χ3n) is 2.03. The van der Waals surface area contributed by atoms with Crippen molar-refractivity contribution in [2.24, 2.45) is 5.73 Å². The minimum Gasteiger partial charge on any atom is -0.326 e. The molecule has 0 saturated heterocycles. The molecule has 16 heavy (non-hydrogen) atoms. The van der Waals surface area contributed by atoms with Crippen LogP contribution in [0.2, 0.25) is 0 Å². The lowest BCUT2D eigenvalue weighted by atomic mass is 10.1. The molecule has 0 radical (unpaired) electrons. The monoisotopic (exact) mass is 255 g/mol. The first-order valence-electron chi connectivity index (χ1n) is 4.66. The lowest BCUT2D eigenvalue weighted by Crippen LogP contribution is -2.00. The number of benzene rings is 1. The predicted molar refractivity (Wildman–Crippen MR) is 63.8 cm³/mol. The third-order valence-corrected chi connectivity index (χ3v) is 3.96. The minimum absolute atomic E-state index is 0.225. The van der Waals surface area contributed by atoms with E-state index in [9.17, 15) is 4.39 Å². The molecular weight excluding hydrogens is 245 g/mol. The summed E-state index contributed by atoms with van der Waals surface area (Å²) in [5.74, 6) is 0.509. The Labute approximate surface area is 101 Å². The summed E-state index contributed by atoms with van der Waals surface area (Å²) in [6.45, 7) is 0.225. The first-order chi connectivity index (χ1) is 7.79. The Bertz CT molecular complexity index is 459. The summed E-state index contributed by atoms with van der Waals surface area (Å²) in [4.78, 5) is 0. The highest BCUT2D eigenvalue weighted by Crippen LogP contribution is 2.24. The molecule has 0 aliphatic carbocycles. The van der Waals surface area contributed by atoms with Crippen LogP contribution >= 0.6 is 23.1 Å². The van der Waals surface area contributed by atoms with Crippen molar-refractivity contribution in [2.75, 3.05) is 0 Å². The van der Waals surface area contributed by atoms with Crippen LogP contribution in [0.4, 0.5) is 4.39 Å². The Balaban J connectivity index is 2.04. The van der Waals surface area contributed by atoms with Crippen molar-refractivity contribution < 1.29 is 4.39 Å². The van der Waals surface area contributed by atoms with Crippen molar-refractivity contribution in [3.8, 4) is 0 Å². The molecule has 0 atom stereocenters. The average molecular weight is 255 g/mol. The molecule has 0 spiro atoms. The number of nitrogens with two attached hydrogens (primary N) is 1. The predicted octanol–water partition coefficient (Wildman–Crippen LogP) is 2.43. The number of thioether (sulfide) groups is 1. The fourth-order valence-electron chi connectivity index (χ4n) is 1.25. The summed E-state index contributed by atoms with van der Waals surface area (Å²) in [6.07, 6.45) is 0. The SMILES string of the molecule is NCc1cc(CSc2nncs2)ccc1F. The molecule has 1 heterocycles. The van der Waals surface area contributed by atoms with Gasteiger partial charge in [-0.3, -0.25) is 0 Å². The van der Waals surface area contributed by atoms with E-state index >= 15 is 0 Å². The molecule has 0 aliphatic heterocycles. The number of hydrogen-bond donors (Lipinski definition) is 1. The molecule has 0 amide bonds. The highest BCUT2D eigenvalue weighted by atomic mass is 32.2. The molecule has 1 aromatic carbocycles. The van der Waals surface area contributed by atoms with E-state index < -0.39 is 0 Å². The summed E-state index contributed by atoms with van der Waals surface area (Å²) >= 11 is 3.08. The Kier molecular flexibility index (Phi) is 3.87. The van der Waals surface area contributed by atoms with Crippen LogP contribution in [0.5, 0.6) is 0 Å². The fourth-order valence-corrected chi connectivity index (χ4v) is 2.68. The quantitative estimate of drug-likeness (QED) is 0.852. The molecule has 0 saturated carbocycles. The van der Waals surface area contributed by atoms with Gasteiger partial charge in [0.2, 0.25) is 0 Å². The molecule has 1 aromatic heterocycles. The number of aromatic nitrogens is 2. The normalized spacial score (nSPS) is 10.6. The van der Waals surface area contributed by atoms with Crippen LogP contribution in [0.25, 0.3) is 0 Å². The molecule has 0 fully saturated rings. The second-order valence-corrected chi connectivity index (χ2v) is 5.18. The van der Waals surface area contributed by atoms with Crippen molar-refractivity contribution >= 4 is 23.1 Å². The van der Waals surface area contributed by atoms with Crippen molar-refractivity contribution in [1.82, 2.24) is 10.2 Å². The van der Waals surface area contributed by atoms with Gasteiger partial charge in [0.05, 0.1) is 0 Å². The fraction of sp³-hybridized carbons (Fsp3) is 0.200. The zero-order valence-corrected chi connectivity index (χ0v) is 10.0. The van der Waals surface area contributed by atoms with Crippen LogP contribution in [-0.4, -0.2) is 10.2 Å². The third kappa shape index (κ3) is 2.78. The van der Waals surface area contributed by atoms with E-state index in [4.69, 9.17) is 5.73 Å². The van der Waals surface area contributed by atoms with Crippen LogP contribution in [0.15, 0.2) is 28.0 Å². The van der Waals surface area contributed by atoms with Gasteiger partial charge in [-0.05, 0) is 11.6 Å². The first-order valence-corrected chi connectivity index (χ1v) is 6.52. The van der Waals surface area contributed by atoms with Crippen LogP contribution in [0, 0.1) is 5.82 Å². The zero-order valence-electron chi connectivity index (χ0n) is 8.39. The van der Waals surface area contributed by atoms with Gasteiger partial charge in [-0.2, -0.15) is 0 Å². The number of rotatable bonds is 4. The van der Waals surface area contributed by atoms with Crippen LogP contribution in [0.3, 0.4) is 0 Å². The van der Waals surface area contributed by atoms with E-state index in [1.807, 2.05) is 0 Å². The molecular formula is C10H10FN3S2. The number of hydrogen-bond acceptors (Lipinski definition) is 5. The summed E-state index contributed by atoms with van der Waals surface area (Å²) in [5.41, 5.74) is 8.73. The van der Waals surface area contributed by atoms with Gasteiger partial charge >= 0.3 is 0 Å². The topological polar surface area (TPSA) is 51.8 Å². The Morgan fingerprint density at radius 2 is 2.31 bits per heavy atom. The molecule has 6 heteroatoms. The number of halogens is 1. The van der Waals surface area contributed by atoms with E-state index in [0.717, 1.165) is 15.7 Å². The van der Waals surface area contributed by atoms with Gasteiger partial charge in [-0.25, -0.2) is 4.39 Å². The zero-order chi connectivity index (χ0) is 11.4. The van der Waals surface area contributed by atoms with Gasteiger partial charge in [0.25, 0.3) is 0 Å². The van der Waals surface area contributed by atoms with Gasteiger partial charge in [0, 0.05) is 17.9 Å². The van der Waals surface area contributed by atoms with E-state index in [1.165, 1.54) is 17.4 Å². The smallest absolute Gasteiger partial charge is 0.174 e. The molecule has 84 valence electrons. The average Bonchev–Trinajstić information content (AvgIpc) is 2.81. The van der Waals surface area contributed by atoms with Crippen LogP contribution < -0.4 is 5.73 Å². The summed E-state index contributed by atoms with van der Waals surface area (Å²) in [6, 6.07) is 5.02. The van der Waals surface area contributed by atoms with E-state index in [1.54, 1.807) is 29.4 Å². The molecule has 3 nitrogen and oxygen atoms in total. The molecule has 0 bridgehead atoms. The van der Waals surface area contributed by atoms with E-state index in [-0.39, 0.29) is 12.4 Å². The van der Waals surface area contributed by atoms with Crippen molar-refractivity contribution in [3.05, 3.63) is 40.7 Å². The van der Waals surface area contributed by atoms with Gasteiger partial charge in [0.15, 0.2) is 4.34 Å². The largest absolute Gasteiger partial charge is 0.326 e. The van der Waals surface area contributed by atoms with Gasteiger partial charge in [-0.15, -0.1) is 10.2 Å². The van der Waals surface area contributed by atoms with E-state index in [0.29, 0.717) is 5.56 Å². The van der Waals surface area contributed by atoms with Gasteiger partial charge in [-0.1, -0.05) is 35.2 Å². The van der Waals surface area contributed by atoms with Crippen LogP contribution in [0.1, 0.15) is 11.1 Å². The second-order valence-electron chi connectivity index (χ2n) is 3.12. The molecule has 2 aromatic rings. The summed E-state index contributed by atoms with van der Waals surface area (Å²) in [7, 11) is 0. The van der Waals surface area contributed by atoms with Crippen LogP contribution in [-0.2, 0) is 12.3 Å². The Morgan fingerprint density at radius 1 is 1.44 bits per heavy atom. The highest BCUT2D eigenvalue weighted by Gasteiger charge is 2.03. The maximum atomic E-state index is 13.2. The minimum atomic E-state index is -0.243. The van der Waals surface area contributed by atoms with Crippen molar-refractivity contribution in [3.63, 3.8) is 0 Å². The second kappa shape index (κ2) is 5.38. The summed E-state index contributed by atoms with van der Waals surface area (Å²) < 4.78 is 14.1. The highest BCUT2D eigenvalue weighted by molar-refractivity contribution is 8.00. The van der Waals surface area contributed by atoms with E-state index in [2.05, 4.69) is 10.2 Å². The van der Waals surface area contributed by atoms with Crippen molar-refractivity contribution in [1.29, 1.82) is 0 Å². The Hall–Kier alpha value is -0.980. The van der Waals surface area contributed by atoms with Gasteiger partial charge < -0.3 is 5.73 Å². The molecule has 2 N–H and O–H groups in total. The van der Waals surface area contributed by atoms with Gasteiger partial charge in [0.1, 0.15) is 11.3 Å². The lowest BCUT2D eigenvalue weighted by Gasteiger charge is -2.03. The maximum Gasteiger partial charge on any atom is 0.174 e. The van der Waals surface area contributed by atoms with Crippen molar-refractivity contribution in [2.45, 2.75) is 16.6 Å². The maximum absolute atomic E-state index is 13.2. The molecule has 0 unspecified atom stereocenters. The first kappa shape index (κ1) is 11.5. The molecule has 2 rings (SSSR count). The standard InChI is InChI=1S/C10H10FN3S2/c11-9-2-1-7(3-8(9)4-12)5-15-10-14-13-6-16-10/h1-3,6H,4-5,12H2.